The van der Waals surface area contributed by atoms with E-state index in [9.17, 15) is 8.42 Å². The van der Waals surface area contributed by atoms with Gasteiger partial charge < -0.3 is 15.8 Å². The van der Waals surface area contributed by atoms with Gasteiger partial charge in [-0.15, -0.1) is 0 Å². The molecule has 2 aromatic carbocycles. The Labute approximate surface area is 155 Å². The van der Waals surface area contributed by atoms with E-state index in [-0.39, 0.29) is 4.90 Å². The van der Waals surface area contributed by atoms with Crippen molar-refractivity contribution >= 4 is 15.7 Å². The molecule has 0 unspecified atom stereocenters. The largest absolute Gasteiger partial charge is 0.456 e. The van der Waals surface area contributed by atoms with Gasteiger partial charge in [-0.25, -0.2) is 8.42 Å². The van der Waals surface area contributed by atoms with Gasteiger partial charge in [0, 0.05) is 31.9 Å². The zero-order chi connectivity index (χ0) is 18.9. The lowest BCUT2D eigenvalue weighted by Crippen LogP contribution is -2.46. The van der Waals surface area contributed by atoms with Crippen LogP contribution in [0.2, 0.25) is 0 Å². The average molecular weight is 375 g/mol. The Kier molecular flexibility index (Phi) is 5.22. The summed E-state index contributed by atoms with van der Waals surface area (Å²) in [5, 5.41) is 3.16. The fourth-order valence-corrected chi connectivity index (χ4v) is 4.67. The molecule has 7 heteroatoms. The van der Waals surface area contributed by atoms with Crippen LogP contribution in [0.15, 0.2) is 35.2 Å². The third kappa shape index (κ3) is 3.85. The monoisotopic (exact) mass is 375 g/mol. The Hall–Kier alpha value is -2.09. The van der Waals surface area contributed by atoms with E-state index in [1.54, 1.807) is 6.07 Å². The number of benzene rings is 2. The van der Waals surface area contributed by atoms with Crippen LogP contribution in [-0.2, 0) is 10.0 Å². The molecule has 0 amide bonds. The van der Waals surface area contributed by atoms with Crippen LogP contribution in [0.5, 0.6) is 11.5 Å². The lowest BCUT2D eigenvalue weighted by atomic mass is 10.1. The van der Waals surface area contributed by atoms with E-state index in [0.717, 1.165) is 16.7 Å². The number of anilines is 1. The van der Waals surface area contributed by atoms with Crippen molar-refractivity contribution in [2.45, 2.75) is 25.7 Å². The Morgan fingerprint density at radius 3 is 2.23 bits per heavy atom. The first-order valence-corrected chi connectivity index (χ1v) is 10.1. The topological polar surface area (TPSA) is 84.7 Å². The molecule has 0 aliphatic carbocycles. The average Bonchev–Trinajstić information content (AvgIpc) is 2.57. The smallest absolute Gasteiger partial charge is 0.246 e. The highest BCUT2D eigenvalue weighted by Gasteiger charge is 2.30. The molecule has 2 aromatic rings. The van der Waals surface area contributed by atoms with E-state index in [4.69, 9.17) is 10.5 Å². The van der Waals surface area contributed by atoms with Crippen LogP contribution in [0, 0.1) is 20.8 Å². The van der Waals surface area contributed by atoms with Gasteiger partial charge in [0.1, 0.15) is 16.4 Å². The van der Waals surface area contributed by atoms with Crippen molar-refractivity contribution in [2.75, 3.05) is 31.9 Å². The Morgan fingerprint density at radius 1 is 1.00 bits per heavy atom. The molecule has 1 fully saturated rings. The van der Waals surface area contributed by atoms with Crippen LogP contribution < -0.4 is 15.8 Å². The maximum Gasteiger partial charge on any atom is 0.246 e. The van der Waals surface area contributed by atoms with Gasteiger partial charge in [0.15, 0.2) is 0 Å². The van der Waals surface area contributed by atoms with Crippen molar-refractivity contribution < 1.29 is 13.2 Å². The molecule has 0 bridgehead atoms. The number of rotatable bonds is 4. The quantitative estimate of drug-likeness (QED) is 0.803. The van der Waals surface area contributed by atoms with Gasteiger partial charge in [-0.1, -0.05) is 6.07 Å². The Morgan fingerprint density at radius 2 is 1.62 bits per heavy atom. The summed E-state index contributed by atoms with van der Waals surface area (Å²) >= 11 is 0. The number of nitrogens with zero attached hydrogens (tertiary/aromatic N) is 1. The van der Waals surface area contributed by atoms with Gasteiger partial charge in [0.25, 0.3) is 0 Å². The van der Waals surface area contributed by atoms with Gasteiger partial charge in [0.05, 0.1) is 0 Å². The number of sulfonamides is 1. The molecule has 1 aliphatic rings. The predicted molar refractivity (Wildman–Crippen MR) is 103 cm³/mol. The molecule has 0 radical (unpaired) electrons. The molecule has 0 saturated carbocycles. The fourth-order valence-electron chi connectivity index (χ4n) is 3.10. The van der Waals surface area contributed by atoms with E-state index in [1.807, 2.05) is 39.0 Å². The summed E-state index contributed by atoms with van der Waals surface area (Å²) in [4.78, 5) is 0.113. The van der Waals surface area contributed by atoms with Crippen molar-refractivity contribution in [1.82, 2.24) is 9.62 Å². The Balaban J connectivity index is 2.06. The highest BCUT2D eigenvalue weighted by molar-refractivity contribution is 7.89. The minimum absolute atomic E-state index is 0.113. The molecule has 140 valence electrons. The van der Waals surface area contributed by atoms with Crippen LogP contribution in [0.25, 0.3) is 0 Å². The van der Waals surface area contributed by atoms with E-state index < -0.39 is 10.0 Å². The summed E-state index contributed by atoms with van der Waals surface area (Å²) in [6, 6.07) is 9.02. The van der Waals surface area contributed by atoms with Crippen LogP contribution in [0.4, 0.5) is 5.69 Å². The maximum atomic E-state index is 13.2. The first-order chi connectivity index (χ1) is 12.3. The summed E-state index contributed by atoms with van der Waals surface area (Å²) in [5.41, 5.74) is 9.33. The van der Waals surface area contributed by atoms with Crippen molar-refractivity contribution in [3.05, 3.63) is 47.0 Å². The number of piperazine rings is 1. The number of hydrogen-bond acceptors (Lipinski definition) is 5. The Bertz CT molecular complexity index is 900. The third-order valence-corrected chi connectivity index (χ3v) is 6.37. The van der Waals surface area contributed by atoms with Gasteiger partial charge in [-0.2, -0.15) is 4.31 Å². The SMILES string of the molecule is Cc1cc(C)cc(Oc2cc(C)c(N)cc2S(=O)(=O)N2CCNCC2)c1. The first-order valence-electron chi connectivity index (χ1n) is 8.64. The van der Waals surface area contributed by atoms with Crippen LogP contribution in [-0.4, -0.2) is 38.9 Å². The molecule has 1 heterocycles. The van der Waals surface area contributed by atoms with Crippen molar-refractivity contribution in [3.63, 3.8) is 0 Å². The predicted octanol–water partition coefficient (Wildman–Crippen LogP) is 2.58. The summed E-state index contributed by atoms with van der Waals surface area (Å²) in [6.45, 7) is 7.92. The number of aryl methyl sites for hydroxylation is 3. The molecule has 1 saturated heterocycles. The molecule has 3 N–H and O–H groups in total. The van der Waals surface area contributed by atoms with Crippen molar-refractivity contribution in [3.8, 4) is 11.5 Å². The molecule has 0 atom stereocenters. The summed E-state index contributed by atoms with van der Waals surface area (Å²) in [5.74, 6) is 0.920. The maximum absolute atomic E-state index is 13.2. The second kappa shape index (κ2) is 7.26. The number of nitrogens with one attached hydrogen (secondary N) is 1. The van der Waals surface area contributed by atoms with Crippen LogP contribution in [0.1, 0.15) is 16.7 Å². The first kappa shape index (κ1) is 18.7. The third-order valence-electron chi connectivity index (χ3n) is 4.45. The van der Waals surface area contributed by atoms with Crippen molar-refractivity contribution in [2.24, 2.45) is 0 Å². The van der Waals surface area contributed by atoms with Crippen LogP contribution >= 0.6 is 0 Å². The summed E-state index contributed by atoms with van der Waals surface area (Å²) in [6.07, 6.45) is 0. The molecule has 0 spiro atoms. The molecule has 1 aliphatic heterocycles. The number of nitrogens with two attached hydrogens (primary N) is 1. The molecule has 26 heavy (non-hydrogen) atoms. The van der Waals surface area contributed by atoms with Crippen molar-refractivity contribution in [1.29, 1.82) is 0 Å². The zero-order valence-corrected chi connectivity index (χ0v) is 16.2. The normalized spacial score (nSPS) is 15.8. The second-order valence-corrected chi connectivity index (χ2v) is 8.64. The zero-order valence-electron chi connectivity index (χ0n) is 15.4. The van der Waals surface area contributed by atoms with E-state index in [0.29, 0.717) is 43.4 Å². The molecular weight excluding hydrogens is 350 g/mol. The number of ether oxygens (including phenoxy) is 1. The minimum atomic E-state index is -3.68. The number of hydrogen-bond donors (Lipinski definition) is 2. The minimum Gasteiger partial charge on any atom is -0.456 e. The number of nitrogen functional groups attached to an aromatic ring is 1. The summed E-state index contributed by atoms with van der Waals surface area (Å²) in [7, 11) is -3.68. The van der Waals surface area contributed by atoms with Gasteiger partial charge >= 0.3 is 0 Å². The molecule has 0 aromatic heterocycles. The fraction of sp³-hybridized carbons (Fsp3) is 0.368. The molecule has 3 rings (SSSR count). The highest BCUT2D eigenvalue weighted by Crippen LogP contribution is 2.35. The van der Waals surface area contributed by atoms with Gasteiger partial charge in [-0.3, -0.25) is 0 Å². The van der Waals surface area contributed by atoms with E-state index in [1.165, 1.54) is 10.4 Å². The van der Waals surface area contributed by atoms with E-state index >= 15 is 0 Å². The van der Waals surface area contributed by atoms with Gasteiger partial charge in [-0.05, 0) is 61.7 Å². The standard InChI is InChI=1S/C19H25N3O3S/c1-13-8-14(2)10-16(9-13)25-18-11-15(3)17(20)12-19(18)26(23,24)22-6-4-21-5-7-22/h8-12,21H,4-7,20H2,1-3H3. The second-order valence-electron chi connectivity index (χ2n) is 6.74. The molecule has 6 nitrogen and oxygen atoms in total. The van der Waals surface area contributed by atoms with Gasteiger partial charge in [0.2, 0.25) is 10.0 Å². The lowest BCUT2D eigenvalue weighted by molar-refractivity contribution is 0.358. The highest BCUT2D eigenvalue weighted by atomic mass is 32.2. The molecular formula is C19H25N3O3S. The summed E-state index contributed by atoms with van der Waals surface area (Å²) < 4.78 is 33.8. The van der Waals surface area contributed by atoms with Crippen LogP contribution in [0.3, 0.4) is 0 Å². The lowest BCUT2D eigenvalue weighted by Gasteiger charge is -2.27. The van der Waals surface area contributed by atoms with E-state index in [2.05, 4.69) is 5.32 Å².